The largest absolute Gasteiger partial charge is 0.361 e. The van der Waals surface area contributed by atoms with Gasteiger partial charge >= 0.3 is 0 Å². The third kappa shape index (κ3) is 2.47. The fraction of sp³-hybridized carbons (Fsp3) is 0.0667. The summed E-state index contributed by atoms with van der Waals surface area (Å²) in [5.41, 5.74) is 2.45. The number of hydrogen-bond donors (Lipinski definition) is 2. The van der Waals surface area contributed by atoms with Gasteiger partial charge in [0.05, 0.1) is 12.2 Å². The minimum absolute atomic E-state index is 0.0952. The molecule has 2 aromatic heterocycles. The topological polar surface area (TPSA) is 57.8 Å². The molecule has 2 N–H and O–H groups in total. The molecule has 0 aliphatic rings. The zero-order chi connectivity index (χ0) is 13.1. The highest BCUT2D eigenvalue weighted by Crippen LogP contribution is 2.14. The molecular formula is C15H13N3O. The molecule has 3 aromatic rings. The number of nitrogens with zero attached hydrogens (tertiary/aromatic N) is 1. The number of hydrogen-bond acceptors (Lipinski definition) is 2. The summed E-state index contributed by atoms with van der Waals surface area (Å²) < 4.78 is 0. The molecule has 0 atom stereocenters. The maximum Gasteiger partial charge on any atom is 0.251 e. The van der Waals surface area contributed by atoms with E-state index in [2.05, 4.69) is 15.3 Å². The molecule has 4 nitrogen and oxygen atoms in total. The summed E-state index contributed by atoms with van der Waals surface area (Å²) in [6.07, 6.45) is 3.58. The first-order chi connectivity index (χ1) is 9.33. The van der Waals surface area contributed by atoms with Crippen molar-refractivity contribution in [3.05, 3.63) is 66.1 Å². The molecule has 19 heavy (non-hydrogen) atoms. The quantitative estimate of drug-likeness (QED) is 0.751. The zero-order valence-electron chi connectivity index (χ0n) is 10.3. The van der Waals surface area contributed by atoms with Crippen LogP contribution >= 0.6 is 0 Å². The fourth-order valence-corrected chi connectivity index (χ4v) is 1.96. The SMILES string of the molecule is O=C(NCc1ccccn1)c1ccc2cc[nH]c2c1. The number of H-pyrrole nitrogens is 1. The Morgan fingerprint density at radius 3 is 3.00 bits per heavy atom. The molecule has 4 heteroatoms. The Balaban J connectivity index is 1.73. The smallest absolute Gasteiger partial charge is 0.251 e. The lowest BCUT2D eigenvalue weighted by atomic mass is 10.1. The van der Waals surface area contributed by atoms with Crippen LogP contribution < -0.4 is 5.32 Å². The van der Waals surface area contributed by atoms with Gasteiger partial charge in [-0.3, -0.25) is 9.78 Å². The van der Waals surface area contributed by atoms with E-state index in [1.807, 2.05) is 48.7 Å². The van der Waals surface area contributed by atoms with Crippen LogP contribution in [0.4, 0.5) is 0 Å². The van der Waals surface area contributed by atoms with E-state index < -0.39 is 0 Å². The number of carbonyl (C=O) groups excluding carboxylic acids is 1. The molecule has 0 radical (unpaired) electrons. The van der Waals surface area contributed by atoms with Gasteiger partial charge in [0.25, 0.3) is 5.91 Å². The molecular weight excluding hydrogens is 238 g/mol. The molecule has 0 spiro atoms. The van der Waals surface area contributed by atoms with Gasteiger partial charge in [0.15, 0.2) is 0 Å². The van der Waals surface area contributed by atoms with Gasteiger partial charge in [0, 0.05) is 23.5 Å². The second-order valence-electron chi connectivity index (χ2n) is 4.28. The van der Waals surface area contributed by atoms with E-state index in [0.717, 1.165) is 16.6 Å². The summed E-state index contributed by atoms with van der Waals surface area (Å²) in [4.78, 5) is 19.3. The van der Waals surface area contributed by atoms with Crippen LogP contribution in [0.5, 0.6) is 0 Å². The maximum atomic E-state index is 12.0. The molecule has 2 heterocycles. The number of rotatable bonds is 3. The van der Waals surface area contributed by atoms with Crippen LogP contribution in [0.1, 0.15) is 16.1 Å². The molecule has 0 saturated heterocycles. The summed E-state index contributed by atoms with van der Waals surface area (Å²) in [6, 6.07) is 13.2. The van der Waals surface area contributed by atoms with E-state index in [-0.39, 0.29) is 5.91 Å². The van der Waals surface area contributed by atoms with Crippen molar-refractivity contribution >= 4 is 16.8 Å². The van der Waals surface area contributed by atoms with Gasteiger partial charge in [0.2, 0.25) is 0 Å². The van der Waals surface area contributed by atoms with E-state index in [1.54, 1.807) is 6.20 Å². The lowest BCUT2D eigenvalue weighted by Gasteiger charge is -2.04. The average molecular weight is 251 g/mol. The maximum absolute atomic E-state index is 12.0. The van der Waals surface area contributed by atoms with Crippen molar-refractivity contribution in [1.82, 2.24) is 15.3 Å². The summed E-state index contributed by atoms with van der Waals surface area (Å²) in [7, 11) is 0. The molecule has 94 valence electrons. The van der Waals surface area contributed by atoms with Crippen molar-refractivity contribution in [2.45, 2.75) is 6.54 Å². The third-order valence-corrected chi connectivity index (χ3v) is 2.97. The molecule has 3 rings (SSSR count). The molecule has 1 aromatic carbocycles. The van der Waals surface area contributed by atoms with Crippen molar-refractivity contribution in [1.29, 1.82) is 0 Å². The highest BCUT2D eigenvalue weighted by Gasteiger charge is 2.06. The Labute approximate surface area is 110 Å². The standard InChI is InChI=1S/C15H13N3O/c19-15(18-10-13-3-1-2-7-16-13)12-5-4-11-6-8-17-14(11)9-12/h1-9,17H,10H2,(H,18,19). The second-order valence-corrected chi connectivity index (χ2v) is 4.28. The van der Waals surface area contributed by atoms with Crippen molar-refractivity contribution in [2.75, 3.05) is 0 Å². The molecule has 0 aliphatic heterocycles. The Hall–Kier alpha value is -2.62. The van der Waals surface area contributed by atoms with Gasteiger partial charge in [-0.2, -0.15) is 0 Å². The van der Waals surface area contributed by atoms with E-state index >= 15 is 0 Å². The normalized spacial score (nSPS) is 10.5. The lowest BCUT2D eigenvalue weighted by molar-refractivity contribution is 0.0950. The van der Waals surface area contributed by atoms with Gasteiger partial charge in [-0.25, -0.2) is 0 Å². The third-order valence-electron chi connectivity index (χ3n) is 2.97. The number of benzene rings is 1. The van der Waals surface area contributed by atoms with Crippen molar-refractivity contribution < 1.29 is 4.79 Å². The Kier molecular flexibility index (Phi) is 2.98. The van der Waals surface area contributed by atoms with Gasteiger partial charge in [-0.05, 0) is 35.7 Å². The summed E-state index contributed by atoms with van der Waals surface area (Å²) >= 11 is 0. The first-order valence-electron chi connectivity index (χ1n) is 6.08. The number of amides is 1. The monoisotopic (exact) mass is 251 g/mol. The summed E-state index contributed by atoms with van der Waals surface area (Å²) in [5, 5.41) is 3.96. The highest BCUT2D eigenvalue weighted by molar-refractivity contribution is 5.97. The van der Waals surface area contributed by atoms with Crippen LogP contribution in [0.3, 0.4) is 0 Å². The molecule has 0 bridgehead atoms. The molecule has 1 amide bonds. The summed E-state index contributed by atoms with van der Waals surface area (Å²) in [6.45, 7) is 0.433. The summed E-state index contributed by atoms with van der Waals surface area (Å²) in [5.74, 6) is -0.0952. The Morgan fingerprint density at radius 2 is 2.16 bits per heavy atom. The number of fused-ring (bicyclic) bond motifs is 1. The van der Waals surface area contributed by atoms with Crippen LogP contribution in [-0.2, 0) is 6.54 Å². The molecule has 0 saturated carbocycles. The first-order valence-corrected chi connectivity index (χ1v) is 6.08. The van der Waals surface area contributed by atoms with Crippen LogP contribution in [-0.4, -0.2) is 15.9 Å². The van der Waals surface area contributed by atoms with Crippen LogP contribution in [0, 0.1) is 0 Å². The van der Waals surface area contributed by atoms with Crippen LogP contribution in [0.15, 0.2) is 54.9 Å². The number of carbonyl (C=O) groups is 1. The average Bonchev–Trinajstić information content (AvgIpc) is 2.93. The number of nitrogens with one attached hydrogen (secondary N) is 2. The lowest BCUT2D eigenvalue weighted by Crippen LogP contribution is -2.23. The molecule has 0 aliphatic carbocycles. The number of aromatic amines is 1. The van der Waals surface area contributed by atoms with Crippen molar-refractivity contribution in [3.63, 3.8) is 0 Å². The molecule has 0 fully saturated rings. The Bertz CT molecular complexity index is 703. The van der Waals surface area contributed by atoms with Gasteiger partial charge in [-0.1, -0.05) is 12.1 Å². The number of aromatic nitrogens is 2. The van der Waals surface area contributed by atoms with Gasteiger partial charge < -0.3 is 10.3 Å². The van der Waals surface area contributed by atoms with E-state index in [4.69, 9.17) is 0 Å². The Morgan fingerprint density at radius 1 is 1.21 bits per heavy atom. The van der Waals surface area contributed by atoms with E-state index in [9.17, 15) is 4.79 Å². The van der Waals surface area contributed by atoms with E-state index in [0.29, 0.717) is 12.1 Å². The van der Waals surface area contributed by atoms with Crippen molar-refractivity contribution in [2.24, 2.45) is 0 Å². The fourth-order valence-electron chi connectivity index (χ4n) is 1.96. The van der Waals surface area contributed by atoms with Crippen LogP contribution in [0.25, 0.3) is 10.9 Å². The first kappa shape index (κ1) is 11.5. The van der Waals surface area contributed by atoms with Gasteiger partial charge in [0.1, 0.15) is 0 Å². The minimum atomic E-state index is -0.0952. The predicted octanol–water partition coefficient (Wildman–Crippen LogP) is 2.49. The van der Waals surface area contributed by atoms with Gasteiger partial charge in [-0.15, -0.1) is 0 Å². The number of pyridine rings is 1. The zero-order valence-corrected chi connectivity index (χ0v) is 10.3. The van der Waals surface area contributed by atoms with E-state index in [1.165, 1.54) is 0 Å². The van der Waals surface area contributed by atoms with Crippen LogP contribution in [0.2, 0.25) is 0 Å². The second kappa shape index (κ2) is 4.94. The minimum Gasteiger partial charge on any atom is -0.361 e. The predicted molar refractivity (Wildman–Crippen MR) is 73.7 cm³/mol. The molecule has 0 unspecified atom stereocenters. The highest BCUT2D eigenvalue weighted by atomic mass is 16.1. The van der Waals surface area contributed by atoms with Crippen molar-refractivity contribution in [3.8, 4) is 0 Å².